The third-order valence-electron chi connectivity index (χ3n) is 4.04. The highest BCUT2D eigenvalue weighted by atomic mass is 79.9. The molecule has 26 heavy (non-hydrogen) atoms. The summed E-state index contributed by atoms with van der Waals surface area (Å²) in [7, 11) is 1.38. The number of aryl methyl sites for hydroxylation is 1. The van der Waals surface area contributed by atoms with Gasteiger partial charge in [0.1, 0.15) is 5.82 Å². The van der Waals surface area contributed by atoms with Crippen LogP contribution in [0.5, 0.6) is 0 Å². The molecule has 0 N–H and O–H groups in total. The average Bonchev–Trinajstić information content (AvgIpc) is 3.10. The van der Waals surface area contributed by atoms with Crippen LogP contribution >= 0.6 is 15.9 Å². The Balaban J connectivity index is 1.86. The van der Waals surface area contributed by atoms with Crippen molar-refractivity contribution in [3.8, 4) is 11.3 Å². The first-order valence-corrected chi connectivity index (χ1v) is 9.09. The van der Waals surface area contributed by atoms with Gasteiger partial charge in [0.2, 0.25) is 0 Å². The van der Waals surface area contributed by atoms with Gasteiger partial charge in [-0.25, -0.2) is 9.78 Å². The standard InChI is InChI=1S/C21H19BrN2O2/c1-3-24-14-19(16-7-9-17(10-8-16)21(25)26-2)23-20(24)13-6-15-4-11-18(22)12-5-15/h4-14H,3H2,1-2H3/b13-6+. The molecule has 0 amide bonds. The van der Waals surface area contributed by atoms with Crippen LogP contribution in [0.25, 0.3) is 23.4 Å². The Bertz CT molecular complexity index is 926. The number of methoxy groups -OCH3 is 1. The molecule has 132 valence electrons. The maximum absolute atomic E-state index is 11.6. The topological polar surface area (TPSA) is 44.1 Å². The zero-order valence-corrected chi connectivity index (χ0v) is 16.2. The molecule has 0 aliphatic carbocycles. The van der Waals surface area contributed by atoms with Crippen LogP contribution in [0.15, 0.2) is 59.2 Å². The molecule has 5 heteroatoms. The molecule has 3 aromatic rings. The van der Waals surface area contributed by atoms with Gasteiger partial charge < -0.3 is 9.30 Å². The highest BCUT2D eigenvalue weighted by molar-refractivity contribution is 9.10. The van der Waals surface area contributed by atoms with Gasteiger partial charge in [0, 0.05) is 22.8 Å². The molecule has 0 aliphatic rings. The van der Waals surface area contributed by atoms with Gasteiger partial charge in [-0.3, -0.25) is 0 Å². The van der Waals surface area contributed by atoms with Gasteiger partial charge in [0.05, 0.1) is 18.4 Å². The van der Waals surface area contributed by atoms with Gasteiger partial charge >= 0.3 is 5.97 Å². The fourth-order valence-electron chi connectivity index (χ4n) is 2.60. The molecule has 0 saturated carbocycles. The first kappa shape index (κ1) is 18.1. The van der Waals surface area contributed by atoms with E-state index in [4.69, 9.17) is 9.72 Å². The number of hydrogen-bond donors (Lipinski definition) is 0. The lowest BCUT2D eigenvalue weighted by Crippen LogP contribution is -2.00. The predicted molar refractivity (Wildman–Crippen MR) is 108 cm³/mol. The lowest BCUT2D eigenvalue weighted by atomic mass is 10.1. The molecule has 1 heterocycles. The van der Waals surface area contributed by atoms with E-state index in [1.165, 1.54) is 7.11 Å². The molecule has 0 radical (unpaired) electrons. The number of benzene rings is 2. The maximum atomic E-state index is 11.6. The number of carbonyl (C=O) groups is 1. The molecule has 3 rings (SSSR count). The zero-order chi connectivity index (χ0) is 18.5. The van der Waals surface area contributed by atoms with Crippen LogP contribution in [0, 0.1) is 0 Å². The lowest BCUT2D eigenvalue weighted by Gasteiger charge is -2.00. The molecule has 0 aliphatic heterocycles. The Hall–Kier alpha value is -2.66. The quantitative estimate of drug-likeness (QED) is 0.536. The van der Waals surface area contributed by atoms with Gasteiger partial charge in [0.25, 0.3) is 0 Å². The molecule has 4 nitrogen and oxygen atoms in total. The van der Waals surface area contributed by atoms with Crippen LogP contribution in [-0.2, 0) is 11.3 Å². The predicted octanol–water partition coefficient (Wildman–Crippen LogP) is 5.29. The van der Waals surface area contributed by atoms with Gasteiger partial charge in [-0.15, -0.1) is 0 Å². The smallest absolute Gasteiger partial charge is 0.337 e. The van der Waals surface area contributed by atoms with Gasteiger partial charge in [-0.05, 0) is 42.8 Å². The number of hydrogen-bond acceptors (Lipinski definition) is 3. The van der Waals surface area contributed by atoms with Crippen LogP contribution in [0.2, 0.25) is 0 Å². The molecule has 0 bridgehead atoms. The Kier molecular flexibility index (Phi) is 5.68. The number of halogens is 1. The summed E-state index contributed by atoms with van der Waals surface area (Å²) in [5, 5.41) is 0. The summed E-state index contributed by atoms with van der Waals surface area (Å²) in [6, 6.07) is 15.4. The van der Waals surface area contributed by atoms with E-state index in [9.17, 15) is 4.79 Å². The zero-order valence-electron chi connectivity index (χ0n) is 14.6. The van der Waals surface area contributed by atoms with Gasteiger partial charge in [-0.2, -0.15) is 0 Å². The summed E-state index contributed by atoms with van der Waals surface area (Å²) >= 11 is 3.44. The Labute approximate surface area is 161 Å². The van der Waals surface area contributed by atoms with E-state index >= 15 is 0 Å². The normalized spacial score (nSPS) is 11.0. The van der Waals surface area contributed by atoms with Crippen molar-refractivity contribution in [3.05, 3.63) is 76.2 Å². The van der Waals surface area contributed by atoms with Gasteiger partial charge in [-0.1, -0.05) is 46.3 Å². The van der Waals surface area contributed by atoms with Crippen molar-refractivity contribution in [3.63, 3.8) is 0 Å². The van der Waals surface area contributed by atoms with Crippen molar-refractivity contribution in [2.24, 2.45) is 0 Å². The second-order valence-electron chi connectivity index (χ2n) is 5.72. The van der Waals surface area contributed by atoms with Crippen molar-refractivity contribution < 1.29 is 9.53 Å². The summed E-state index contributed by atoms with van der Waals surface area (Å²) in [6.07, 6.45) is 6.08. The molecule has 0 atom stereocenters. The first-order chi connectivity index (χ1) is 12.6. The largest absolute Gasteiger partial charge is 0.465 e. The third kappa shape index (κ3) is 4.11. The number of aromatic nitrogens is 2. The minimum Gasteiger partial charge on any atom is -0.465 e. The highest BCUT2D eigenvalue weighted by Crippen LogP contribution is 2.21. The fourth-order valence-corrected chi connectivity index (χ4v) is 2.86. The molecule has 1 aromatic heterocycles. The molecule has 2 aromatic carbocycles. The number of nitrogens with zero attached hydrogens (tertiary/aromatic N) is 2. The number of esters is 1. The third-order valence-corrected chi connectivity index (χ3v) is 4.57. The van der Waals surface area contributed by atoms with Crippen LogP contribution in [0.1, 0.15) is 28.7 Å². The molecule has 0 fully saturated rings. The Morgan fingerprint density at radius 2 is 1.81 bits per heavy atom. The van der Waals surface area contributed by atoms with Gasteiger partial charge in [0.15, 0.2) is 0 Å². The van der Waals surface area contributed by atoms with Crippen LogP contribution in [0.3, 0.4) is 0 Å². The molecule has 0 spiro atoms. The molecule has 0 saturated heterocycles. The number of carbonyl (C=O) groups excluding carboxylic acids is 1. The van der Waals surface area contributed by atoms with E-state index in [-0.39, 0.29) is 5.97 Å². The average molecular weight is 411 g/mol. The lowest BCUT2D eigenvalue weighted by molar-refractivity contribution is 0.0601. The van der Waals surface area contributed by atoms with Crippen LogP contribution < -0.4 is 0 Å². The Morgan fingerprint density at radius 3 is 2.42 bits per heavy atom. The van der Waals surface area contributed by atoms with Crippen molar-refractivity contribution in [1.82, 2.24) is 9.55 Å². The SMILES string of the molecule is CCn1cc(-c2ccc(C(=O)OC)cc2)nc1/C=C/c1ccc(Br)cc1. The van der Waals surface area contributed by atoms with Crippen molar-refractivity contribution in [1.29, 1.82) is 0 Å². The minimum atomic E-state index is -0.339. The number of ether oxygens (including phenoxy) is 1. The molecule has 0 unspecified atom stereocenters. The van der Waals surface area contributed by atoms with E-state index in [1.54, 1.807) is 12.1 Å². The first-order valence-electron chi connectivity index (χ1n) is 8.30. The summed E-state index contributed by atoms with van der Waals surface area (Å²) in [4.78, 5) is 16.3. The number of rotatable bonds is 5. The van der Waals surface area contributed by atoms with E-state index < -0.39 is 0 Å². The van der Waals surface area contributed by atoms with Crippen LogP contribution in [-0.4, -0.2) is 22.6 Å². The van der Waals surface area contributed by atoms with E-state index in [0.29, 0.717) is 5.56 Å². The highest BCUT2D eigenvalue weighted by Gasteiger charge is 2.09. The van der Waals surface area contributed by atoms with Crippen molar-refractivity contribution in [2.75, 3.05) is 7.11 Å². The minimum absolute atomic E-state index is 0.339. The van der Waals surface area contributed by atoms with E-state index in [2.05, 4.69) is 27.4 Å². The summed E-state index contributed by atoms with van der Waals surface area (Å²) in [5.41, 5.74) is 3.48. The fraction of sp³-hybridized carbons (Fsp3) is 0.143. The second kappa shape index (κ2) is 8.15. The summed E-state index contributed by atoms with van der Waals surface area (Å²) < 4.78 is 7.89. The van der Waals surface area contributed by atoms with Crippen LogP contribution in [0.4, 0.5) is 0 Å². The second-order valence-corrected chi connectivity index (χ2v) is 6.64. The Morgan fingerprint density at radius 1 is 1.12 bits per heavy atom. The summed E-state index contributed by atoms with van der Waals surface area (Å²) in [5.74, 6) is 0.552. The van der Waals surface area contributed by atoms with Crippen molar-refractivity contribution >= 4 is 34.1 Å². The summed E-state index contributed by atoms with van der Waals surface area (Å²) in [6.45, 7) is 2.91. The van der Waals surface area contributed by atoms with E-state index in [1.807, 2.05) is 54.7 Å². The molecular weight excluding hydrogens is 392 g/mol. The number of imidazole rings is 1. The monoisotopic (exact) mass is 410 g/mol. The van der Waals surface area contributed by atoms with Crippen molar-refractivity contribution in [2.45, 2.75) is 13.5 Å². The van der Waals surface area contributed by atoms with E-state index in [0.717, 1.165) is 33.7 Å². The maximum Gasteiger partial charge on any atom is 0.337 e. The molecular formula is C21H19BrN2O2.